The van der Waals surface area contributed by atoms with Crippen LogP contribution in [0.4, 0.5) is 0 Å². The molecule has 0 N–H and O–H groups in total. The molecule has 1 aromatic rings. The van der Waals surface area contributed by atoms with Crippen molar-refractivity contribution in [1.29, 1.82) is 0 Å². The second kappa shape index (κ2) is 11.1. The van der Waals surface area contributed by atoms with Gasteiger partial charge in [0, 0.05) is 18.7 Å². The number of likely N-dealkylation sites (N-methyl/N-ethyl adjacent to an activating group) is 1. The molecular weight excluding hydrogens is 334 g/mol. The Labute approximate surface area is 165 Å². The van der Waals surface area contributed by atoms with E-state index in [1.165, 1.54) is 28.7 Å². The first-order valence-corrected chi connectivity index (χ1v) is 9.98. The molecule has 1 aliphatic heterocycles. The van der Waals surface area contributed by atoms with Crippen molar-refractivity contribution >= 4 is 0 Å². The van der Waals surface area contributed by atoms with E-state index in [0.717, 1.165) is 43.7 Å². The van der Waals surface area contributed by atoms with Crippen LogP contribution in [0.1, 0.15) is 64.5 Å². The molecule has 0 unspecified atom stereocenters. The predicted octanol–water partition coefficient (Wildman–Crippen LogP) is 6.36. The first-order valence-electron chi connectivity index (χ1n) is 9.98. The standard InChI is InChI=1S/C24H35NO2/c1-19(2)8-6-9-20(3)10-7-11-21(4)14-15-25(5)17-22-12-13-23-18-26-27-24(23)16-22/h8,10,12-14,16H,6-7,9,11,15,17-18H2,1-5H3/b20-10+,21-14+. The second-order valence-corrected chi connectivity index (χ2v) is 7.94. The molecule has 1 heterocycles. The summed E-state index contributed by atoms with van der Waals surface area (Å²) < 4.78 is 0. The van der Waals surface area contributed by atoms with Gasteiger partial charge in [-0.1, -0.05) is 47.1 Å². The van der Waals surface area contributed by atoms with Gasteiger partial charge < -0.3 is 4.89 Å². The summed E-state index contributed by atoms with van der Waals surface area (Å²) in [5.74, 6) is 0.861. The second-order valence-electron chi connectivity index (χ2n) is 7.94. The molecule has 3 nitrogen and oxygen atoms in total. The summed E-state index contributed by atoms with van der Waals surface area (Å²) in [6, 6.07) is 6.34. The third-order valence-corrected chi connectivity index (χ3v) is 4.82. The van der Waals surface area contributed by atoms with Crippen LogP contribution >= 0.6 is 0 Å². The summed E-state index contributed by atoms with van der Waals surface area (Å²) in [6.07, 6.45) is 11.7. The molecule has 0 radical (unpaired) electrons. The summed E-state index contributed by atoms with van der Waals surface area (Å²) in [6.45, 7) is 11.2. The zero-order valence-corrected chi connectivity index (χ0v) is 17.7. The van der Waals surface area contributed by atoms with Crippen molar-refractivity contribution in [2.75, 3.05) is 13.6 Å². The molecule has 0 spiro atoms. The molecule has 1 aromatic carbocycles. The minimum Gasteiger partial charge on any atom is -0.337 e. The largest absolute Gasteiger partial charge is 0.337 e. The summed E-state index contributed by atoms with van der Waals surface area (Å²) >= 11 is 0. The normalized spacial score (nSPS) is 14.3. The molecule has 27 heavy (non-hydrogen) atoms. The quantitative estimate of drug-likeness (QED) is 0.354. The van der Waals surface area contributed by atoms with Crippen molar-refractivity contribution in [3.63, 3.8) is 0 Å². The average molecular weight is 370 g/mol. The van der Waals surface area contributed by atoms with Crippen LogP contribution in [0.2, 0.25) is 0 Å². The molecule has 2 rings (SSSR count). The third-order valence-electron chi connectivity index (χ3n) is 4.82. The summed E-state index contributed by atoms with van der Waals surface area (Å²) in [7, 11) is 2.15. The van der Waals surface area contributed by atoms with Gasteiger partial charge in [0.25, 0.3) is 0 Å². The number of fused-ring (bicyclic) bond motifs is 1. The summed E-state index contributed by atoms with van der Waals surface area (Å²) in [5, 5.41) is 0. The zero-order chi connectivity index (χ0) is 19.6. The monoisotopic (exact) mass is 369 g/mol. The first kappa shape index (κ1) is 21.5. The van der Waals surface area contributed by atoms with E-state index in [1.54, 1.807) is 0 Å². The SMILES string of the molecule is CC(C)=CCC/C(C)=C/CC/C(C)=C/CN(C)Cc1ccc2c(c1)OOC2. The van der Waals surface area contributed by atoms with Crippen LogP contribution in [0.3, 0.4) is 0 Å². The van der Waals surface area contributed by atoms with E-state index in [4.69, 9.17) is 9.78 Å². The molecule has 1 aliphatic rings. The Morgan fingerprint density at radius 2 is 1.70 bits per heavy atom. The Kier molecular flexibility index (Phi) is 8.83. The summed E-state index contributed by atoms with van der Waals surface area (Å²) in [5.41, 5.74) is 6.75. The number of nitrogens with zero attached hydrogens (tertiary/aromatic N) is 1. The van der Waals surface area contributed by atoms with E-state index in [9.17, 15) is 0 Å². The highest BCUT2D eigenvalue weighted by atomic mass is 17.2. The van der Waals surface area contributed by atoms with Gasteiger partial charge in [-0.15, -0.1) is 0 Å². The lowest BCUT2D eigenvalue weighted by molar-refractivity contribution is -0.194. The van der Waals surface area contributed by atoms with Crippen molar-refractivity contribution in [3.8, 4) is 5.75 Å². The predicted molar refractivity (Wildman–Crippen MR) is 114 cm³/mol. The van der Waals surface area contributed by atoms with Crippen LogP contribution in [-0.2, 0) is 18.0 Å². The highest BCUT2D eigenvalue weighted by Gasteiger charge is 2.14. The van der Waals surface area contributed by atoms with E-state index >= 15 is 0 Å². The lowest BCUT2D eigenvalue weighted by Crippen LogP contribution is -2.17. The Bertz CT molecular complexity index is 696. The topological polar surface area (TPSA) is 21.7 Å². The van der Waals surface area contributed by atoms with Gasteiger partial charge in [0.2, 0.25) is 0 Å². The molecular formula is C24H35NO2. The van der Waals surface area contributed by atoms with Crippen molar-refractivity contribution in [2.24, 2.45) is 0 Å². The first-order chi connectivity index (χ1) is 12.9. The van der Waals surface area contributed by atoms with Crippen LogP contribution < -0.4 is 4.89 Å². The van der Waals surface area contributed by atoms with Crippen LogP contribution in [0.15, 0.2) is 53.1 Å². The highest BCUT2D eigenvalue weighted by Crippen LogP contribution is 2.27. The smallest absolute Gasteiger partial charge is 0.171 e. The summed E-state index contributed by atoms with van der Waals surface area (Å²) in [4.78, 5) is 12.5. The fraction of sp³-hybridized carbons (Fsp3) is 0.500. The molecule has 0 fully saturated rings. The lowest BCUT2D eigenvalue weighted by Gasteiger charge is -2.15. The molecule has 0 saturated heterocycles. The Morgan fingerprint density at radius 1 is 1.00 bits per heavy atom. The Hall–Kier alpha value is -1.84. The van der Waals surface area contributed by atoms with Gasteiger partial charge >= 0.3 is 0 Å². The molecule has 148 valence electrons. The van der Waals surface area contributed by atoms with E-state index in [2.05, 4.69) is 76.1 Å². The molecule has 3 heteroatoms. The highest BCUT2D eigenvalue weighted by molar-refractivity contribution is 5.38. The molecule has 0 atom stereocenters. The molecule has 0 bridgehead atoms. The average Bonchev–Trinajstić information content (AvgIpc) is 3.07. The van der Waals surface area contributed by atoms with E-state index in [0.29, 0.717) is 6.61 Å². The Balaban J connectivity index is 1.70. The minimum absolute atomic E-state index is 0.552. The van der Waals surface area contributed by atoms with Gasteiger partial charge in [0.15, 0.2) is 5.75 Å². The number of benzene rings is 1. The molecule has 0 saturated carbocycles. The van der Waals surface area contributed by atoms with E-state index < -0.39 is 0 Å². The fourth-order valence-electron chi connectivity index (χ4n) is 3.08. The van der Waals surface area contributed by atoms with Gasteiger partial charge in [-0.2, -0.15) is 4.89 Å². The molecule has 0 amide bonds. The zero-order valence-electron chi connectivity index (χ0n) is 17.7. The van der Waals surface area contributed by atoms with Crippen molar-refractivity contribution in [3.05, 3.63) is 64.3 Å². The molecule has 0 aromatic heterocycles. The van der Waals surface area contributed by atoms with Gasteiger partial charge in [-0.25, -0.2) is 0 Å². The van der Waals surface area contributed by atoms with Crippen LogP contribution in [0.25, 0.3) is 0 Å². The third kappa shape index (κ3) is 8.15. The number of hydrogen-bond donors (Lipinski definition) is 0. The van der Waals surface area contributed by atoms with Crippen LogP contribution in [0.5, 0.6) is 5.75 Å². The Morgan fingerprint density at radius 3 is 2.44 bits per heavy atom. The lowest BCUT2D eigenvalue weighted by atomic mass is 10.1. The number of hydrogen-bond acceptors (Lipinski definition) is 3. The van der Waals surface area contributed by atoms with Gasteiger partial charge in [0.1, 0.15) is 6.61 Å². The maximum absolute atomic E-state index is 5.18. The van der Waals surface area contributed by atoms with Crippen molar-refractivity contribution in [2.45, 2.75) is 66.5 Å². The van der Waals surface area contributed by atoms with Crippen LogP contribution in [-0.4, -0.2) is 18.5 Å². The fourth-order valence-corrected chi connectivity index (χ4v) is 3.08. The van der Waals surface area contributed by atoms with Gasteiger partial charge in [0.05, 0.1) is 0 Å². The number of rotatable bonds is 10. The maximum atomic E-state index is 5.18. The molecule has 0 aliphatic carbocycles. The number of allylic oxidation sites excluding steroid dienone is 5. The van der Waals surface area contributed by atoms with Gasteiger partial charge in [-0.3, -0.25) is 4.90 Å². The van der Waals surface area contributed by atoms with E-state index in [1.807, 2.05) is 0 Å². The van der Waals surface area contributed by atoms with Crippen LogP contribution in [0, 0.1) is 0 Å². The van der Waals surface area contributed by atoms with Gasteiger partial charge in [-0.05, 0) is 72.1 Å². The van der Waals surface area contributed by atoms with Crippen molar-refractivity contribution < 1.29 is 9.78 Å². The maximum Gasteiger partial charge on any atom is 0.171 e. The van der Waals surface area contributed by atoms with E-state index in [-0.39, 0.29) is 0 Å². The minimum atomic E-state index is 0.552. The van der Waals surface area contributed by atoms with Crippen molar-refractivity contribution in [1.82, 2.24) is 4.90 Å².